The molecule has 2 aliphatic heterocycles. The number of esters is 1. The van der Waals surface area contributed by atoms with Crippen LogP contribution in [-0.4, -0.2) is 41.7 Å². The molecule has 0 saturated carbocycles. The van der Waals surface area contributed by atoms with Gasteiger partial charge in [0.1, 0.15) is 18.5 Å². The number of rotatable bonds is 5. The Morgan fingerprint density at radius 2 is 1.94 bits per heavy atom. The maximum absolute atomic E-state index is 13.0. The van der Waals surface area contributed by atoms with Crippen molar-refractivity contribution in [2.75, 3.05) is 19.6 Å². The Bertz CT molecular complexity index is 1050. The minimum absolute atomic E-state index is 0.0689. The van der Waals surface area contributed by atoms with E-state index in [2.05, 4.69) is 46.8 Å². The largest absolute Gasteiger partial charge is 0.489 e. The Morgan fingerprint density at radius 3 is 2.70 bits per heavy atom. The summed E-state index contributed by atoms with van der Waals surface area (Å²) in [6, 6.07) is 10.2. The third kappa shape index (κ3) is 4.45. The lowest BCUT2D eigenvalue weighted by Gasteiger charge is -2.34. The Hall–Kier alpha value is -1.89. The highest BCUT2D eigenvalue weighted by molar-refractivity contribution is 9.10. The van der Waals surface area contributed by atoms with Crippen LogP contribution < -0.4 is 4.74 Å². The summed E-state index contributed by atoms with van der Waals surface area (Å²) in [4.78, 5) is 15.3. The minimum Gasteiger partial charge on any atom is -0.489 e. The smallest absolute Gasteiger partial charge is 0.311 e. The van der Waals surface area contributed by atoms with Crippen molar-refractivity contribution in [2.24, 2.45) is 11.8 Å². The molecule has 2 heterocycles. The zero-order valence-electron chi connectivity index (χ0n) is 19.4. The number of fused-ring (bicyclic) bond motifs is 3. The van der Waals surface area contributed by atoms with Gasteiger partial charge in [-0.25, -0.2) is 0 Å². The van der Waals surface area contributed by atoms with Crippen LogP contribution in [0.1, 0.15) is 53.2 Å². The van der Waals surface area contributed by atoms with E-state index in [1.807, 2.05) is 18.2 Å². The van der Waals surface area contributed by atoms with E-state index in [9.17, 15) is 9.90 Å². The standard InChI is InChI=1S/C27H32BrNO4/c1-16-13-24(32-15-18-5-3-4-6-23(18)28)17(2)25-20(16)7-8-21-22(27(31)33-26(21)25)14-29-11-9-19(30)10-12-29/h3-6,13,19,21-22,26,30H,7-12,14-15H2,1-2H3/t21-,22?,26+/m0/s1. The molecule has 176 valence electrons. The van der Waals surface area contributed by atoms with Crippen LogP contribution in [0.25, 0.3) is 0 Å². The fourth-order valence-electron chi connectivity index (χ4n) is 5.81. The number of hydrogen-bond acceptors (Lipinski definition) is 5. The molecule has 0 aromatic heterocycles. The van der Waals surface area contributed by atoms with Crippen LogP contribution in [0, 0.1) is 25.7 Å². The lowest BCUT2D eigenvalue weighted by atomic mass is 9.74. The number of carbonyl (C=O) groups is 1. The maximum Gasteiger partial charge on any atom is 0.311 e. The molecule has 1 unspecified atom stereocenters. The molecule has 2 fully saturated rings. The SMILES string of the molecule is Cc1cc(OCc2ccccc2Br)c(C)c2c1CC[C@H]1C(CN3CCC(O)CC3)C(=O)O[C@@H]21. The predicted molar refractivity (Wildman–Crippen MR) is 130 cm³/mol. The van der Waals surface area contributed by atoms with Gasteiger partial charge in [0, 0.05) is 41.2 Å². The van der Waals surface area contributed by atoms with Crippen molar-refractivity contribution >= 4 is 21.9 Å². The highest BCUT2D eigenvalue weighted by Crippen LogP contribution is 2.50. The second kappa shape index (κ2) is 9.40. The van der Waals surface area contributed by atoms with Crippen molar-refractivity contribution in [3.8, 4) is 5.75 Å². The number of halogens is 1. The highest BCUT2D eigenvalue weighted by Gasteiger charge is 2.49. The van der Waals surface area contributed by atoms with Crippen molar-refractivity contribution in [1.29, 1.82) is 0 Å². The van der Waals surface area contributed by atoms with E-state index < -0.39 is 0 Å². The van der Waals surface area contributed by atoms with Crippen LogP contribution >= 0.6 is 15.9 Å². The molecular formula is C27H32BrNO4. The van der Waals surface area contributed by atoms with Gasteiger partial charge in [0.2, 0.25) is 0 Å². The molecule has 5 rings (SSSR count). The molecule has 0 spiro atoms. The van der Waals surface area contributed by atoms with Crippen molar-refractivity contribution in [2.45, 2.75) is 58.3 Å². The van der Waals surface area contributed by atoms with Crippen LogP contribution in [0.3, 0.4) is 0 Å². The zero-order valence-corrected chi connectivity index (χ0v) is 20.9. The fraction of sp³-hybridized carbons (Fsp3) is 0.519. The summed E-state index contributed by atoms with van der Waals surface area (Å²) in [7, 11) is 0. The summed E-state index contributed by atoms with van der Waals surface area (Å²) in [6.45, 7) is 7.16. The number of piperidine rings is 1. The van der Waals surface area contributed by atoms with Gasteiger partial charge in [0.05, 0.1) is 12.0 Å². The van der Waals surface area contributed by atoms with E-state index in [1.54, 1.807) is 0 Å². The second-order valence-corrected chi connectivity index (χ2v) is 10.6. The van der Waals surface area contributed by atoms with Crippen LogP contribution in [0.5, 0.6) is 5.75 Å². The minimum atomic E-state index is -0.202. The molecule has 33 heavy (non-hydrogen) atoms. The summed E-state index contributed by atoms with van der Waals surface area (Å²) < 4.78 is 13.4. The Balaban J connectivity index is 1.38. The number of hydrogen-bond donors (Lipinski definition) is 1. The molecule has 1 N–H and O–H groups in total. The monoisotopic (exact) mass is 513 g/mol. The lowest BCUT2D eigenvalue weighted by molar-refractivity contribution is -0.145. The van der Waals surface area contributed by atoms with E-state index in [4.69, 9.17) is 9.47 Å². The first-order valence-corrected chi connectivity index (χ1v) is 12.8. The maximum atomic E-state index is 13.0. The number of aryl methyl sites for hydroxylation is 1. The van der Waals surface area contributed by atoms with Gasteiger partial charge in [0.15, 0.2) is 0 Å². The molecule has 3 atom stereocenters. The van der Waals surface area contributed by atoms with Crippen LogP contribution in [0.2, 0.25) is 0 Å². The van der Waals surface area contributed by atoms with Gasteiger partial charge in [-0.05, 0) is 68.4 Å². The molecule has 1 aliphatic carbocycles. The average molecular weight is 514 g/mol. The van der Waals surface area contributed by atoms with Gasteiger partial charge in [-0.2, -0.15) is 0 Å². The fourth-order valence-corrected chi connectivity index (χ4v) is 6.21. The van der Waals surface area contributed by atoms with Crippen molar-refractivity contribution in [3.05, 3.63) is 62.6 Å². The molecule has 3 aliphatic rings. The van der Waals surface area contributed by atoms with Crippen molar-refractivity contribution in [1.82, 2.24) is 4.90 Å². The first-order chi connectivity index (χ1) is 15.9. The van der Waals surface area contributed by atoms with Crippen LogP contribution in [0.4, 0.5) is 0 Å². The highest BCUT2D eigenvalue weighted by atomic mass is 79.9. The van der Waals surface area contributed by atoms with Crippen LogP contribution in [-0.2, 0) is 22.6 Å². The molecule has 0 bridgehead atoms. The summed E-state index contributed by atoms with van der Waals surface area (Å²) in [5.74, 6) is 0.907. The first-order valence-electron chi connectivity index (χ1n) is 12.0. The molecule has 0 amide bonds. The first kappa shape index (κ1) is 22.9. The average Bonchev–Trinajstić information content (AvgIpc) is 3.12. The number of likely N-dealkylation sites (tertiary alicyclic amines) is 1. The van der Waals surface area contributed by atoms with Crippen molar-refractivity contribution in [3.63, 3.8) is 0 Å². The quantitative estimate of drug-likeness (QED) is 0.577. The second-order valence-electron chi connectivity index (χ2n) is 9.79. The zero-order chi connectivity index (χ0) is 23.1. The van der Waals surface area contributed by atoms with E-state index in [-0.39, 0.29) is 30.0 Å². The molecule has 0 radical (unpaired) electrons. The van der Waals surface area contributed by atoms with E-state index in [0.717, 1.165) is 66.7 Å². The summed E-state index contributed by atoms with van der Waals surface area (Å²) >= 11 is 3.60. The van der Waals surface area contributed by atoms with Crippen LogP contribution in [0.15, 0.2) is 34.8 Å². The summed E-state index contributed by atoms with van der Waals surface area (Å²) in [5.41, 5.74) is 5.88. The number of nitrogens with zero attached hydrogens (tertiary/aromatic N) is 1. The number of aliphatic hydroxyl groups is 1. The topological polar surface area (TPSA) is 59.0 Å². The molecule has 6 heteroatoms. The predicted octanol–water partition coefficient (Wildman–Crippen LogP) is 4.88. The third-order valence-corrected chi connectivity index (χ3v) is 8.51. The van der Waals surface area contributed by atoms with Gasteiger partial charge in [-0.3, -0.25) is 4.79 Å². The molecule has 2 aromatic carbocycles. The number of benzene rings is 2. The van der Waals surface area contributed by atoms with Gasteiger partial charge < -0.3 is 19.5 Å². The summed E-state index contributed by atoms with van der Waals surface area (Å²) in [6.07, 6.45) is 3.13. The molecule has 2 saturated heterocycles. The molecule has 2 aromatic rings. The Morgan fingerprint density at radius 1 is 1.18 bits per heavy atom. The third-order valence-electron chi connectivity index (χ3n) is 7.74. The normalized spacial score (nSPS) is 25.5. The van der Waals surface area contributed by atoms with Crippen molar-refractivity contribution < 1.29 is 19.4 Å². The van der Waals surface area contributed by atoms with E-state index >= 15 is 0 Å². The van der Waals surface area contributed by atoms with Gasteiger partial charge in [-0.15, -0.1) is 0 Å². The van der Waals surface area contributed by atoms with Gasteiger partial charge >= 0.3 is 5.97 Å². The van der Waals surface area contributed by atoms with Gasteiger partial charge in [0.25, 0.3) is 0 Å². The van der Waals surface area contributed by atoms with E-state index in [1.165, 1.54) is 16.7 Å². The lowest BCUT2D eigenvalue weighted by Crippen LogP contribution is -2.41. The van der Waals surface area contributed by atoms with E-state index in [0.29, 0.717) is 6.61 Å². The molecular weight excluding hydrogens is 482 g/mol. The number of aliphatic hydroxyl groups excluding tert-OH is 1. The Labute approximate surface area is 204 Å². The number of ether oxygens (including phenoxy) is 2. The van der Waals surface area contributed by atoms with Gasteiger partial charge in [-0.1, -0.05) is 34.1 Å². The molecule has 5 nitrogen and oxygen atoms in total. The summed E-state index contributed by atoms with van der Waals surface area (Å²) in [5, 5.41) is 9.82. The Kier molecular flexibility index (Phi) is 6.51. The number of carbonyl (C=O) groups excluding carboxylic acids is 1.